The number of nitrogens with zero attached hydrogens (tertiary/aromatic N) is 1. The quantitative estimate of drug-likeness (QED) is 0.487. The van der Waals surface area contributed by atoms with Gasteiger partial charge in [0.15, 0.2) is 0 Å². The molecule has 1 amide bonds. The Bertz CT molecular complexity index is 1260. The molecule has 1 heterocycles. The Kier molecular flexibility index (Phi) is 7.60. The van der Waals surface area contributed by atoms with Gasteiger partial charge in [0.25, 0.3) is 0 Å². The number of carbonyl (C=O) groups is 1. The molecule has 0 aromatic heterocycles. The Labute approximate surface area is 205 Å². The summed E-state index contributed by atoms with van der Waals surface area (Å²) < 4.78 is 33.2. The summed E-state index contributed by atoms with van der Waals surface area (Å²) in [5, 5.41) is 3.04. The van der Waals surface area contributed by atoms with Crippen LogP contribution in [0.3, 0.4) is 0 Å². The topological polar surface area (TPSA) is 75.7 Å². The van der Waals surface area contributed by atoms with Crippen LogP contribution in [0, 0.1) is 12.8 Å². The van der Waals surface area contributed by atoms with Crippen molar-refractivity contribution in [2.45, 2.75) is 34.5 Å². The highest BCUT2D eigenvalue weighted by atomic mass is 32.2. The minimum absolute atomic E-state index is 0.160. The number of hydrogen-bond acceptors (Lipinski definition) is 5. The number of benzene rings is 3. The number of ether oxygens (including phenoxy) is 1. The van der Waals surface area contributed by atoms with Crippen LogP contribution in [-0.2, 0) is 14.8 Å². The largest absolute Gasteiger partial charge is 0.496 e. The van der Waals surface area contributed by atoms with E-state index in [1.54, 1.807) is 37.1 Å². The normalized spacial score (nSPS) is 16.7. The predicted octanol–water partition coefficient (Wildman–Crippen LogP) is 5.19. The highest BCUT2D eigenvalue weighted by Crippen LogP contribution is 2.34. The number of nitrogens with one attached hydrogen (secondary N) is 1. The van der Waals surface area contributed by atoms with Crippen LogP contribution in [0.2, 0.25) is 0 Å². The number of sulfonamides is 1. The van der Waals surface area contributed by atoms with Crippen LogP contribution < -0.4 is 10.1 Å². The summed E-state index contributed by atoms with van der Waals surface area (Å²) in [6.07, 6.45) is 1.28. The second-order valence-corrected chi connectivity index (χ2v) is 11.3. The van der Waals surface area contributed by atoms with E-state index in [9.17, 15) is 13.2 Å². The summed E-state index contributed by atoms with van der Waals surface area (Å²) in [6, 6.07) is 22.5. The first kappa shape index (κ1) is 24.3. The minimum Gasteiger partial charge on any atom is -0.496 e. The first-order valence-electron chi connectivity index (χ1n) is 11.2. The van der Waals surface area contributed by atoms with Gasteiger partial charge in [0.2, 0.25) is 15.9 Å². The van der Waals surface area contributed by atoms with Gasteiger partial charge < -0.3 is 10.1 Å². The van der Waals surface area contributed by atoms with Crippen molar-refractivity contribution in [1.82, 2.24) is 4.31 Å². The molecular formula is C26H28N2O4S2. The molecule has 3 aromatic rings. The molecule has 0 unspecified atom stereocenters. The molecular weight excluding hydrogens is 468 g/mol. The number of aryl methyl sites for hydroxylation is 1. The molecule has 4 rings (SSSR count). The maximum Gasteiger partial charge on any atom is 0.243 e. The highest BCUT2D eigenvalue weighted by molar-refractivity contribution is 7.99. The summed E-state index contributed by atoms with van der Waals surface area (Å²) in [7, 11) is -2.15. The first-order valence-corrected chi connectivity index (χ1v) is 13.4. The molecule has 1 fully saturated rings. The average Bonchev–Trinajstić information content (AvgIpc) is 2.86. The van der Waals surface area contributed by atoms with E-state index in [4.69, 9.17) is 4.74 Å². The number of rotatable bonds is 7. The predicted molar refractivity (Wildman–Crippen MR) is 135 cm³/mol. The maximum atomic E-state index is 13.3. The molecule has 178 valence electrons. The van der Waals surface area contributed by atoms with Gasteiger partial charge in [-0.3, -0.25) is 4.79 Å². The van der Waals surface area contributed by atoms with E-state index in [1.807, 2.05) is 61.5 Å². The van der Waals surface area contributed by atoms with Crippen molar-refractivity contribution < 1.29 is 17.9 Å². The van der Waals surface area contributed by atoms with E-state index in [-0.39, 0.29) is 17.3 Å². The van der Waals surface area contributed by atoms with Gasteiger partial charge in [-0.25, -0.2) is 8.42 Å². The summed E-state index contributed by atoms with van der Waals surface area (Å²) in [5.41, 5.74) is 1.48. The van der Waals surface area contributed by atoms with Crippen LogP contribution in [0.4, 0.5) is 5.69 Å². The van der Waals surface area contributed by atoms with Gasteiger partial charge in [0.1, 0.15) is 5.75 Å². The number of para-hydroxylation sites is 1. The Balaban J connectivity index is 1.48. The fourth-order valence-corrected chi connectivity index (χ4v) is 6.58. The second kappa shape index (κ2) is 10.6. The van der Waals surface area contributed by atoms with Crippen molar-refractivity contribution in [1.29, 1.82) is 0 Å². The molecule has 1 aliphatic heterocycles. The van der Waals surface area contributed by atoms with Gasteiger partial charge in [-0.1, -0.05) is 42.1 Å². The van der Waals surface area contributed by atoms with Crippen molar-refractivity contribution in [3.63, 3.8) is 0 Å². The molecule has 1 saturated heterocycles. The van der Waals surface area contributed by atoms with Gasteiger partial charge in [-0.2, -0.15) is 4.31 Å². The number of anilines is 1. The zero-order valence-corrected chi connectivity index (χ0v) is 20.9. The number of amides is 1. The van der Waals surface area contributed by atoms with E-state index in [2.05, 4.69) is 5.32 Å². The van der Waals surface area contributed by atoms with Gasteiger partial charge in [-0.15, -0.1) is 0 Å². The summed E-state index contributed by atoms with van der Waals surface area (Å²) in [4.78, 5) is 15.4. The minimum atomic E-state index is -3.70. The van der Waals surface area contributed by atoms with Crippen molar-refractivity contribution in [3.8, 4) is 5.75 Å². The fourth-order valence-electron chi connectivity index (χ4n) is 4.04. The molecule has 0 bridgehead atoms. The van der Waals surface area contributed by atoms with Gasteiger partial charge in [0, 0.05) is 22.9 Å². The lowest BCUT2D eigenvalue weighted by molar-refractivity contribution is -0.120. The Hall–Kier alpha value is -2.81. The first-order chi connectivity index (χ1) is 16.4. The third-order valence-corrected chi connectivity index (χ3v) is 8.82. The SMILES string of the molecule is COc1ccc(S(=O)(=O)N2CCC[C@@H](C(=O)Nc3ccccc3Sc3ccccc3)C2)cc1C. The maximum absolute atomic E-state index is 13.3. The molecule has 1 atom stereocenters. The average molecular weight is 497 g/mol. The van der Waals surface area contributed by atoms with Crippen molar-refractivity contribution in [3.05, 3.63) is 78.4 Å². The fraction of sp³-hybridized carbons (Fsp3) is 0.269. The van der Waals surface area contributed by atoms with E-state index >= 15 is 0 Å². The monoisotopic (exact) mass is 496 g/mol. The van der Waals surface area contributed by atoms with Gasteiger partial charge in [-0.05, 0) is 67.8 Å². The van der Waals surface area contributed by atoms with E-state index in [0.29, 0.717) is 25.1 Å². The lowest BCUT2D eigenvalue weighted by Crippen LogP contribution is -2.43. The van der Waals surface area contributed by atoms with Crippen LogP contribution in [0.15, 0.2) is 87.5 Å². The molecule has 1 N–H and O–H groups in total. The lowest BCUT2D eigenvalue weighted by Gasteiger charge is -2.31. The smallest absolute Gasteiger partial charge is 0.243 e. The van der Waals surface area contributed by atoms with E-state index in [1.165, 1.54) is 4.31 Å². The molecule has 0 spiro atoms. The summed E-state index contributed by atoms with van der Waals surface area (Å²) >= 11 is 1.58. The third-order valence-electron chi connectivity index (χ3n) is 5.87. The van der Waals surface area contributed by atoms with E-state index in [0.717, 1.165) is 21.0 Å². The lowest BCUT2D eigenvalue weighted by atomic mass is 9.99. The standard InChI is InChI=1S/C26H28N2O4S2/c1-19-17-22(14-15-24(19)32-2)34(30,31)28-16-8-9-20(18-28)26(29)27-23-12-6-7-13-25(23)33-21-10-4-3-5-11-21/h3-7,10-15,17,20H,8-9,16,18H2,1-2H3,(H,27,29)/t20-/m1/s1. The summed E-state index contributed by atoms with van der Waals surface area (Å²) in [5.74, 6) is 0.0615. The van der Waals surface area contributed by atoms with Crippen molar-refractivity contribution in [2.75, 3.05) is 25.5 Å². The van der Waals surface area contributed by atoms with Crippen molar-refractivity contribution >= 4 is 33.4 Å². The number of piperidine rings is 1. The molecule has 6 nitrogen and oxygen atoms in total. The van der Waals surface area contributed by atoms with Gasteiger partial charge >= 0.3 is 0 Å². The molecule has 1 aliphatic rings. The molecule has 34 heavy (non-hydrogen) atoms. The third kappa shape index (κ3) is 5.46. The molecule has 8 heteroatoms. The van der Waals surface area contributed by atoms with Crippen molar-refractivity contribution in [2.24, 2.45) is 5.92 Å². The van der Waals surface area contributed by atoms with Crippen LogP contribution >= 0.6 is 11.8 Å². The molecule has 0 radical (unpaired) electrons. The Morgan fingerprint density at radius 2 is 1.79 bits per heavy atom. The van der Waals surface area contributed by atoms with E-state index < -0.39 is 15.9 Å². The van der Waals surface area contributed by atoms with Gasteiger partial charge in [0.05, 0.1) is 23.6 Å². The zero-order chi connectivity index (χ0) is 24.1. The molecule has 0 saturated carbocycles. The molecule has 3 aromatic carbocycles. The number of methoxy groups -OCH3 is 1. The Morgan fingerprint density at radius 1 is 1.06 bits per heavy atom. The Morgan fingerprint density at radius 3 is 2.53 bits per heavy atom. The number of carbonyl (C=O) groups excluding carboxylic acids is 1. The number of hydrogen-bond donors (Lipinski definition) is 1. The second-order valence-electron chi connectivity index (χ2n) is 8.23. The van der Waals surface area contributed by atoms with Crippen LogP contribution in [0.25, 0.3) is 0 Å². The van der Waals surface area contributed by atoms with Crippen LogP contribution in [-0.4, -0.2) is 38.8 Å². The highest BCUT2D eigenvalue weighted by Gasteiger charge is 2.33. The molecule has 0 aliphatic carbocycles. The summed E-state index contributed by atoms with van der Waals surface area (Å²) in [6.45, 7) is 2.38. The van der Waals surface area contributed by atoms with Crippen LogP contribution in [0.1, 0.15) is 18.4 Å². The zero-order valence-electron chi connectivity index (χ0n) is 19.2. The van der Waals surface area contributed by atoms with Crippen LogP contribution in [0.5, 0.6) is 5.75 Å².